The van der Waals surface area contributed by atoms with Crippen molar-refractivity contribution in [2.75, 3.05) is 26.2 Å². The minimum absolute atomic E-state index is 0.140. The van der Waals surface area contributed by atoms with Crippen molar-refractivity contribution < 1.29 is 4.79 Å². The monoisotopic (exact) mass is 398 g/mol. The highest BCUT2D eigenvalue weighted by atomic mass is 16.2. The molecule has 0 bridgehead atoms. The van der Waals surface area contributed by atoms with Crippen molar-refractivity contribution in [1.82, 2.24) is 9.80 Å². The van der Waals surface area contributed by atoms with Gasteiger partial charge >= 0.3 is 0 Å². The summed E-state index contributed by atoms with van der Waals surface area (Å²) in [5, 5.41) is 0. The zero-order valence-corrected chi connectivity index (χ0v) is 17.9. The van der Waals surface area contributed by atoms with Crippen LogP contribution in [0.1, 0.15) is 52.9 Å². The van der Waals surface area contributed by atoms with E-state index in [1.54, 1.807) is 0 Å². The van der Waals surface area contributed by atoms with Gasteiger partial charge in [-0.1, -0.05) is 86.6 Å². The molecule has 0 spiro atoms. The third-order valence-electron chi connectivity index (χ3n) is 6.02. The van der Waals surface area contributed by atoms with Crippen molar-refractivity contribution in [2.24, 2.45) is 0 Å². The lowest BCUT2D eigenvalue weighted by Gasteiger charge is -2.39. The molecule has 0 saturated carbocycles. The predicted molar refractivity (Wildman–Crippen MR) is 123 cm³/mol. The molecule has 1 aliphatic rings. The number of carbonyl (C=O) groups excluding carboxylic acids is 1. The second kappa shape index (κ2) is 9.27. The van der Waals surface area contributed by atoms with E-state index in [4.69, 9.17) is 0 Å². The fraction of sp³-hybridized carbons (Fsp3) is 0.296. The van der Waals surface area contributed by atoms with Crippen LogP contribution in [0.25, 0.3) is 0 Å². The van der Waals surface area contributed by atoms with Crippen LogP contribution in [-0.4, -0.2) is 41.9 Å². The van der Waals surface area contributed by atoms with Gasteiger partial charge in [-0.2, -0.15) is 0 Å². The van der Waals surface area contributed by atoms with Crippen LogP contribution in [0.3, 0.4) is 0 Å². The Labute approximate surface area is 180 Å². The van der Waals surface area contributed by atoms with E-state index < -0.39 is 0 Å². The molecular weight excluding hydrogens is 368 g/mol. The molecule has 0 aromatic heterocycles. The van der Waals surface area contributed by atoms with Crippen LogP contribution in [0, 0.1) is 0 Å². The number of carbonyl (C=O) groups is 1. The van der Waals surface area contributed by atoms with Crippen molar-refractivity contribution in [1.29, 1.82) is 0 Å². The Morgan fingerprint density at radius 3 is 1.63 bits per heavy atom. The molecule has 3 nitrogen and oxygen atoms in total. The van der Waals surface area contributed by atoms with E-state index in [1.165, 1.54) is 16.7 Å². The average molecular weight is 399 g/mol. The highest BCUT2D eigenvalue weighted by Crippen LogP contribution is 2.29. The minimum Gasteiger partial charge on any atom is -0.336 e. The molecule has 154 valence electrons. The molecule has 0 unspecified atom stereocenters. The molecule has 0 radical (unpaired) electrons. The number of benzene rings is 3. The van der Waals surface area contributed by atoms with Gasteiger partial charge in [-0.05, 0) is 34.7 Å². The number of rotatable bonds is 5. The van der Waals surface area contributed by atoms with Crippen LogP contribution in [0.4, 0.5) is 0 Å². The molecule has 0 aliphatic carbocycles. The Balaban J connectivity index is 1.47. The van der Waals surface area contributed by atoms with Gasteiger partial charge in [-0.3, -0.25) is 9.69 Å². The van der Waals surface area contributed by atoms with Gasteiger partial charge in [0.15, 0.2) is 0 Å². The average Bonchev–Trinajstić information content (AvgIpc) is 2.81. The Hall–Kier alpha value is -2.91. The maximum absolute atomic E-state index is 13.0. The molecule has 1 heterocycles. The second-order valence-corrected chi connectivity index (χ2v) is 8.33. The molecule has 3 aromatic carbocycles. The molecule has 30 heavy (non-hydrogen) atoms. The van der Waals surface area contributed by atoms with Gasteiger partial charge < -0.3 is 4.90 Å². The summed E-state index contributed by atoms with van der Waals surface area (Å²) in [7, 11) is 0. The SMILES string of the molecule is CC(C)c1ccc(C(=O)N2CCN(C(c3ccccc3)c3ccccc3)CC2)cc1. The van der Waals surface area contributed by atoms with Crippen LogP contribution in [0.5, 0.6) is 0 Å². The molecular formula is C27H30N2O. The van der Waals surface area contributed by atoms with E-state index in [9.17, 15) is 4.79 Å². The quantitative estimate of drug-likeness (QED) is 0.578. The number of nitrogens with zero attached hydrogens (tertiary/aromatic N) is 2. The van der Waals surface area contributed by atoms with Gasteiger partial charge in [0.25, 0.3) is 5.91 Å². The van der Waals surface area contributed by atoms with Gasteiger partial charge in [0.1, 0.15) is 0 Å². The van der Waals surface area contributed by atoms with Crippen molar-refractivity contribution >= 4 is 5.91 Å². The summed E-state index contributed by atoms with van der Waals surface area (Å²) in [5.41, 5.74) is 4.65. The first-order valence-corrected chi connectivity index (χ1v) is 10.9. The van der Waals surface area contributed by atoms with E-state index in [2.05, 4.69) is 91.5 Å². The van der Waals surface area contributed by atoms with E-state index in [0.717, 1.165) is 31.7 Å². The highest BCUT2D eigenvalue weighted by molar-refractivity contribution is 5.94. The van der Waals surface area contributed by atoms with Crippen LogP contribution >= 0.6 is 0 Å². The molecule has 1 aliphatic heterocycles. The normalized spacial score (nSPS) is 15.0. The second-order valence-electron chi connectivity index (χ2n) is 8.33. The summed E-state index contributed by atoms with van der Waals surface area (Å²) in [5.74, 6) is 0.617. The first-order valence-electron chi connectivity index (χ1n) is 10.9. The van der Waals surface area contributed by atoms with Crippen LogP contribution in [-0.2, 0) is 0 Å². The highest BCUT2D eigenvalue weighted by Gasteiger charge is 2.28. The lowest BCUT2D eigenvalue weighted by atomic mass is 9.96. The lowest BCUT2D eigenvalue weighted by Crippen LogP contribution is -2.49. The summed E-state index contributed by atoms with van der Waals surface area (Å²) in [4.78, 5) is 17.5. The molecule has 1 fully saturated rings. The van der Waals surface area contributed by atoms with Crippen molar-refractivity contribution in [3.63, 3.8) is 0 Å². The summed E-state index contributed by atoms with van der Waals surface area (Å²) in [6.07, 6.45) is 0. The molecule has 3 aromatic rings. The van der Waals surface area contributed by atoms with E-state index >= 15 is 0 Å². The van der Waals surface area contributed by atoms with Crippen molar-refractivity contribution in [2.45, 2.75) is 25.8 Å². The van der Waals surface area contributed by atoms with Crippen molar-refractivity contribution in [3.8, 4) is 0 Å². The smallest absolute Gasteiger partial charge is 0.253 e. The fourth-order valence-corrected chi connectivity index (χ4v) is 4.26. The van der Waals surface area contributed by atoms with Crippen molar-refractivity contribution in [3.05, 3.63) is 107 Å². The number of hydrogen-bond acceptors (Lipinski definition) is 2. The summed E-state index contributed by atoms with van der Waals surface area (Å²) >= 11 is 0. The zero-order chi connectivity index (χ0) is 20.9. The lowest BCUT2D eigenvalue weighted by molar-refractivity contribution is 0.0597. The first kappa shape index (κ1) is 20.4. The third kappa shape index (κ3) is 4.47. The zero-order valence-electron chi connectivity index (χ0n) is 17.9. The Kier molecular flexibility index (Phi) is 6.29. The summed E-state index contributed by atoms with van der Waals surface area (Å²) < 4.78 is 0. The standard InChI is InChI=1S/C27H30N2O/c1-21(2)22-13-15-25(16-14-22)27(30)29-19-17-28(18-20-29)26(23-9-5-3-6-10-23)24-11-7-4-8-12-24/h3-16,21,26H,17-20H2,1-2H3. The summed E-state index contributed by atoms with van der Waals surface area (Å²) in [6, 6.07) is 29.7. The number of hydrogen-bond donors (Lipinski definition) is 0. The van der Waals surface area contributed by atoms with Gasteiger partial charge in [0.2, 0.25) is 0 Å². The Morgan fingerprint density at radius 2 is 1.17 bits per heavy atom. The molecule has 0 atom stereocenters. The summed E-state index contributed by atoms with van der Waals surface area (Å²) in [6.45, 7) is 7.58. The fourth-order valence-electron chi connectivity index (χ4n) is 4.26. The maximum Gasteiger partial charge on any atom is 0.253 e. The number of piperazine rings is 1. The van der Waals surface area contributed by atoms with Gasteiger partial charge in [-0.25, -0.2) is 0 Å². The minimum atomic E-state index is 0.140. The maximum atomic E-state index is 13.0. The number of amides is 1. The van der Waals surface area contributed by atoms with Crippen LogP contribution < -0.4 is 0 Å². The van der Waals surface area contributed by atoms with Gasteiger partial charge in [0, 0.05) is 31.7 Å². The molecule has 0 N–H and O–H groups in total. The van der Waals surface area contributed by atoms with E-state index in [1.807, 2.05) is 17.0 Å². The van der Waals surface area contributed by atoms with E-state index in [0.29, 0.717) is 5.92 Å². The third-order valence-corrected chi connectivity index (χ3v) is 6.02. The topological polar surface area (TPSA) is 23.6 Å². The van der Waals surface area contributed by atoms with Gasteiger partial charge in [0.05, 0.1) is 6.04 Å². The molecule has 1 saturated heterocycles. The van der Waals surface area contributed by atoms with Crippen LogP contribution in [0.2, 0.25) is 0 Å². The molecule has 4 rings (SSSR count). The first-order chi connectivity index (χ1) is 14.6. The predicted octanol–water partition coefficient (Wildman–Crippen LogP) is 5.36. The molecule has 1 amide bonds. The Bertz CT molecular complexity index is 904. The van der Waals surface area contributed by atoms with Crippen LogP contribution in [0.15, 0.2) is 84.9 Å². The van der Waals surface area contributed by atoms with Gasteiger partial charge in [-0.15, -0.1) is 0 Å². The largest absolute Gasteiger partial charge is 0.336 e. The van der Waals surface area contributed by atoms with E-state index in [-0.39, 0.29) is 11.9 Å². The molecule has 3 heteroatoms. The Morgan fingerprint density at radius 1 is 0.667 bits per heavy atom.